The molecule has 24 heavy (non-hydrogen) atoms. The smallest absolute Gasteiger partial charge is 0.294 e. The topological polar surface area (TPSA) is 17.1 Å². The first-order valence-electron chi connectivity index (χ1n) is 6.89. The molecule has 2 aromatic carbocycles. The summed E-state index contributed by atoms with van der Waals surface area (Å²) in [5.74, 6) is -1.70. The fraction of sp³-hybridized carbons (Fsp3) is 0.235. The molecule has 1 nitrogen and oxygen atoms in total. The second kappa shape index (κ2) is 6.30. The Morgan fingerprint density at radius 1 is 0.833 bits per heavy atom. The van der Waals surface area contributed by atoms with Crippen LogP contribution < -0.4 is 0 Å². The first kappa shape index (κ1) is 18.0. The molecule has 0 radical (unpaired) electrons. The molecule has 0 bridgehead atoms. The number of ketones is 1. The van der Waals surface area contributed by atoms with E-state index in [-0.39, 0.29) is 17.2 Å². The highest BCUT2D eigenvalue weighted by Crippen LogP contribution is 2.38. The zero-order valence-electron chi connectivity index (χ0n) is 12.4. The van der Waals surface area contributed by atoms with Crippen LogP contribution in [0.25, 0.3) is 0 Å². The maximum atomic E-state index is 12.9. The van der Waals surface area contributed by atoms with E-state index in [2.05, 4.69) is 0 Å². The number of carbonyl (C=O) groups is 1. The number of hydrogen-bond donors (Lipinski definition) is 0. The van der Waals surface area contributed by atoms with Gasteiger partial charge in [0, 0.05) is 11.5 Å². The zero-order valence-corrected chi connectivity index (χ0v) is 12.4. The third kappa shape index (κ3) is 3.96. The van der Waals surface area contributed by atoms with E-state index in [0.29, 0.717) is 12.1 Å². The second-order valence-corrected chi connectivity index (χ2v) is 5.29. The predicted octanol–water partition coefficient (Wildman–Crippen LogP) is 5.71. The lowest BCUT2D eigenvalue weighted by molar-refractivity contribution is -0.143. The van der Waals surface area contributed by atoms with Gasteiger partial charge in [-0.3, -0.25) is 4.79 Å². The normalized spacial score (nSPS) is 13.6. The summed E-state index contributed by atoms with van der Waals surface area (Å²) < 4.78 is 77.2. The van der Waals surface area contributed by atoms with Crippen molar-refractivity contribution < 1.29 is 31.1 Å². The highest BCUT2D eigenvalue weighted by atomic mass is 19.4. The third-order valence-corrected chi connectivity index (χ3v) is 3.56. The van der Waals surface area contributed by atoms with Crippen molar-refractivity contribution in [3.63, 3.8) is 0 Å². The Kier molecular flexibility index (Phi) is 4.73. The van der Waals surface area contributed by atoms with Crippen LogP contribution in [-0.2, 0) is 12.4 Å². The Morgan fingerprint density at radius 2 is 1.29 bits per heavy atom. The number of carbonyl (C=O) groups excluding carboxylic acids is 1. The van der Waals surface area contributed by atoms with E-state index < -0.39 is 35.2 Å². The van der Waals surface area contributed by atoms with E-state index in [1.54, 1.807) is 18.2 Å². The summed E-state index contributed by atoms with van der Waals surface area (Å²) in [6.07, 6.45) is -9.88. The Hall–Kier alpha value is -2.31. The molecule has 0 saturated carbocycles. The minimum Gasteiger partial charge on any atom is -0.294 e. The summed E-state index contributed by atoms with van der Waals surface area (Å²) >= 11 is 0. The van der Waals surface area contributed by atoms with Gasteiger partial charge < -0.3 is 0 Å². The van der Waals surface area contributed by atoms with Crippen LogP contribution in [0, 0.1) is 0 Å². The molecular weight excluding hydrogens is 334 g/mol. The lowest BCUT2D eigenvalue weighted by Gasteiger charge is -2.17. The molecule has 0 fully saturated rings. The number of hydrogen-bond acceptors (Lipinski definition) is 1. The van der Waals surface area contributed by atoms with Gasteiger partial charge >= 0.3 is 12.4 Å². The van der Waals surface area contributed by atoms with Gasteiger partial charge in [-0.1, -0.05) is 37.3 Å². The van der Waals surface area contributed by atoms with Crippen LogP contribution in [0.15, 0.2) is 48.5 Å². The fourth-order valence-corrected chi connectivity index (χ4v) is 2.23. The molecule has 0 N–H and O–H groups in total. The maximum absolute atomic E-state index is 12.9. The molecule has 0 unspecified atom stereocenters. The van der Waals surface area contributed by atoms with Crippen LogP contribution in [0.1, 0.15) is 39.9 Å². The van der Waals surface area contributed by atoms with Crippen molar-refractivity contribution in [3.8, 4) is 0 Å². The number of halogens is 6. The Bertz CT molecular complexity index is 699. The molecule has 0 spiro atoms. The predicted molar refractivity (Wildman–Crippen MR) is 75.6 cm³/mol. The van der Waals surface area contributed by atoms with Crippen molar-refractivity contribution >= 4 is 5.78 Å². The summed E-state index contributed by atoms with van der Waals surface area (Å²) in [6, 6.07) is 8.90. The average Bonchev–Trinajstić information content (AvgIpc) is 2.52. The van der Waals surface area contributed by atoms with Crippen molar-refractivity contribution in [1.82, 2.24) is 0 Å². The molecule has 0 aliphatic carbocycles. The molecule has 1 atom stereocenters. The molecule has 0 heterocycles. The molecule has 2 aromatic rings. The van der Waals surface area contributed by atoms with Crippen LogP contribution in [0.2, 0.25) is 0 Å². The zero-order chi connectivity index (χ0) is 18.1. The molecular formula is C17H12F6O. The number of rotatable bonds is 3. The molecule has 0 amide bonds. The summed E-state index contributed by atoms with van der Waals surface area (Å²) in [6.45, 7) is 1.28. The van der Waals surface area contributed by atoms with Gasteiger partial charge in [0.15, 0.2) is 5.78 Å². The SMILES string of the molecule is C[C@@H](C(=O)c1ccccc1)c1cc(C(F)(F)F)cc(C(F)(F)F)c1. The van der Waals surface area contributed by atoms with E-state index >= 15 is 0 Å². The van der Waals surface area contributed by atoms with Crippen LogP contribution in [0.3, 0.4) is 0 Å². The van der Waals surface area contributed by atoms with Gasteiger partial charge in [0.05, 0.1) is 11.1 Å². The first-order valence-corrected chi connectivity index (χ1v) is 6.89. The van der Waals surface area contributed by atoms with Crippen molar-refractivity contribution in [3.05, 3.63) is 70.8 Å². The van der Waals surface area contributed by atoms with Crippen LogP contribution >= 0.6 is 0 Å². The van der Waals surface area contributed by atoms with Gasteiger partial charge in [-0.05, 0) is 23.8 Å². The minimum atomic E-state index is -4.94. The van der Waals surface area contributed by atoms with E-state index in [9.17, 15) is 31.1 Å². The van der Waals surface area contributed by atoms with Crippen molar-refractivity contribution in [1.29, 1.82) is 0 Å². The maximum Gasteiger partial charge on any atom is 0.416 e. The van der Waals surface area contributed by atoms with Gasteiger partial charge in [-0.15, -0.1) is 0 Å². The van der Waals surface area contributed by atoms with Gasteiger partial charge in [-0.2, -0.15) is 26.3 Å². The molecule has 0 saturated heterocycles. The molecule has 0 aromatic heterocycles. The molecule has 2 rings (SSSR count). The fourth-order valence-electron chi connectivity index (χ4n) is 2.23. The number of alkyl halides is 6. The third-order valence-electron chi connectivity index (χ3n) is 3.56. The van der Waals surface area contributed by atoms with E-state index in [1.165, 1.54) is 19.1 Å². The van der Waals surface area contributed by atoms with Crippen molar-refractivity contribution in [2.45, 2.75) is 25.2 Å². The number of benzene rings is 2. The quantitative estimate of drug-likeness (QED) is 0.514. The molecule has 0 aliphatic heterocycles. The van der Waals surface area contributed by atoms with Crippen LogP contribution in [0.4, 0.5) is 26.3 Å². The standard InChI is InChI=1S/C17H12F6O/c1-10(15(24)11-5-3-2-4-6-11)12-7-13(16(18,19)20)9-14(8-12)17(21,22)23/h2-10H,1H3/t10-/m1/s1. The van der Waals surface area contributed by atoms with E-state index in [1.807, 2.05) is 0 Å². The molecule has 128 valence electrons. The van der Waals surface area contributed by atoms with Gasteiger partial charge in [0.2, 0.25) is 0 Å². The second-order valence-electron chi connectivity index (χ2n) is 5.29. The van der Waals surface area contributed by atoms with Gasteiger partial charge in [0.25, 0.3) is 0 Å². The monoisotopic (exact) mass is 346 g/mol. The summed E-state index contributed by atoms with van der Waals surface area (Å²) in [5, 5.41) is 0. The van der Waals surface area contributed by atoms with Gasteiger partial charge in [-0.25, -0.2) is 0 Å². The Labute approximate surface area is 133 Å². The molecule has 7 heteroatoms. The highest BCUT2D eigenvalue weighted by Gasteiger charge is 2.37. The summed E-state index contributed by atoms with van der Waals surface area (Å²) in [5.41, 5.74) is -2.97. The summed E-state index contributed by atoms with van der Waals surface area (Å²) in [7, 11) is 0. The van der Waals surface area contributed by atoms with Gasteiger partial charge in [0.1, 0.15) is 0 Å². The minimum absolute atomic E-state index is 0.0449. The lowest BCUT2D eigenvalue weighted by atomic mass is 9.90. The average molecular weight is 346 g/mol. The summed E-state index contributed by atoms with van der Waals surface area (Å²) in [4.78, 5) is 12.3. The first-order chi connectivity index (χ1) is 11.0. The molecule has 0 aliphatic rings. The van der Waals surface area contributed by atoms with E-state index in [0.717, 1.165) is 0 Å². The van der Waals surface area contributed by atoms with Crippen molar-refractivity contribution in [2.75, 3.05) is 0 Å². The number of Topliss-reactive ketones (excluding diaryl/α,β-unsaturated/α-hetero) is 1. The van der Waals surface area contributed by atoms with Crippen molar-refractivity contribution in [2.24, 2.45) is 0 Å². The largest absolute Gasteiger partial charge is 0.416 e. The highest BCUT2D eigenvalue weighted by molar-refractivity contribution is 6.00. The van der Waals surface area contributed by atoms with Crippen LogP contribution in [-0.4, -0.2) is 5.78 Å². The van der Waals surface area contributed by atoms with E-state index in [4.69, 9.17) is 0 Å². The lowest BCUT2D eigenvalue weighted by Crippen LogP contribution is -2.15. The van der Waals surface area contributed by atoms with Crippen LogP contribution in [0.5, 0.6) is 0 Å². The Morgan fingerprint density at radius 3 is 1.71 bits per heavy atom. The Balaban J connectivity index is 2.51.